The summed E-state index contributed by atoms with van der Waals surface area (Å²) in [5.41, 5.74) is 1.43. The molecule has 232 valence electrons. The third-order valence-electron chi connectivity index (χ3n) is 17.0. The second-order valence-corrected chi connectivity index (χ2v) is 19.3. The highest BCUT2D eigenvalue weighted by Crippen LogP contribution is 2.75. The first-order valence-corrected chi connectivity index (χ1v) is 18.5. The van der Waals surface area contributed by atoms with Gasteiger partial charge in [-0.25, -0.2) is 0 Å². The molecule has 0 radical (unpaired) electrons. The van der Waals surface area contributed by atoms with Crippen LogP contribution < -0.4 is 0 Å². The third-order valence-corrected chi connectivity index (χ3v) is 17.0. The van der Waals surface area contributed by atoms with Crippen LogP contribution in [0.4, 0.5) is 0 Å². The Labute approximate surface area is 252 Å². The van der Waals surface area contributed by atoms with Crippen molar-refractivity contribution in [1.82, 2.24) is 0 Å². The SMILES string of the molecule is CC(C)C1CC(C2CCC(C)C(C)C2)C(C)C2C(C)C3C(C)C4(C)C(C)C(C(C)C)C(C)CC4(C)CC3(C)CC12. The van der Waals surface area contributed by atoms with E-state index in [4.69, 9.17) is 0 Å². The number of fused-ring (bicyclic) bond motifs is 3. The minimum absolute atomic E-state index is 0.448. The molecule has 0 spiro atoms. The van der Waals surface area contributed by atoms with Crippen molar-refractivity contribution in [3.05, 3.63) is 0 Å². The first-order chi connectivity index (χ1) is 18.5. The predicted octanol–water partition coefficient (Wildman–Crippen LogP) is 11.9. The lowest BCUT2D eigenvalue weighted by atomic mass is 9.31. The highest BCUT2D eigenvalue weighted by atomic mass is 14.7. The van der Waals surface area contributed by atoms with Crippen LogP contribution in [0.2, 0.25) is 0 Å². The lowest BCUT2D eigenvalue weighted by molar-refractivity contribution is -0.252. The van der Waals surface area contributed by atoms with Crippen LogP contribution >= 0.6 is 0 Å². The van der Waals surface area contributed by atoms with E-state index in [2.05, 4.69) is 96.9 Å². The summed E-state index contributed by atoms with van der Waals surface area (Å²) >= 11 is 0. The summed E-state index contributed by atoms with van der Waals surface area (Å²) in [6.45, 7) is 37.4. The van der Waals surface area contributed by atoms with Crippen LogP contribution in [-0.4, -0.2) is 0 Å². The van der Waals surface area contributed by atoms with Crippen LogP contribution in [0.1, 0.15) is 142 Å². The molecule has 5 aliphatic carbocycles. The molecule has 0 amide bonds. The van der Waals surface area contributed by atoms with Crippen LogP contribution in [0.5, 0.6) is 0 Å². The summed E-state index contributed by atoms with van der Waals surface area (Å²) in [4.78, 5) is 0. The maximum atomic E-state index is 2.81. The molecule has 0 aliphatic heterocycles. The zero-order valence-corrected chi connectivity index (χ0v) is 29.7. The van der Waals surface area contributed by atoms with Gasteiger partial charge in [0, 0.05) is 0 Å². The van der Waals surface area contributed by atoms with Crippen molar-refractivity contribution in [1.29, 1.82) is 0 Å². The van der Waals surface area contributed by atoms with Crippen molar-refractivity contribution in [2.45, 2.75) is 142 Å². The fourth-order valence-corrected chi connectivity index (χ4v) is 15.2. The van der Waals surface area contributed by atoms with Crippen molar-refractivity contribution in [3.8, 4) is 0 Å². The van der Waals surface area contributed by atoms with Crippen molar-refractivity contribution >= 4 is 0 Å². The Bertz CT molecular complexity index is 900. The molecule has 5 fully saturated rings. The normalized spacial score (nSPS) is 58.8. The molecule has 5 saturated carbocycles. The molecule has 0 heteroatoms. The molecular weight excluding hydrogens is 480 g/mol. The molecule has 5 rings (SSSR count). The Morgan fingerprint density at radius 3 is 1.85 bits per heavy atom. The quantitative estimate of drug-likeness (QED) is 0.326. The largest absolute Gasteiger partial charge is 0.0625 e. The van der Waals surface area contributed by atoms with Gasteiger partial charge in [0.2, 0.25) is 0 Å². The Balaban J connectivity index is 1.52. The summed E-state index contributed by atoms with van der Waals surface area (Å²) in [6, 6.07) is 0. The van der Waals surface area contributed by atoms with Gasteiger partial charge < -0.3 is 0 Å². The number of hydrogen-bond donors (Lipinski definition) is 0. The zero-order valence-electron chi connectivity index (χ0n) is 29.7. The third kappa shape index (κ3) is 4.46. The van der Waals surface area contributed by atoms with E-state index < -0.39 is 0 Å². The van der Waals surface area contributed by atoms with Crippen molar-refractivity contribution < 1.29 is 0 Å². The molecule has 0 saturated heterocycles. The molecule has 0 heterocycles. The Morgan fingerprint density at radius 1 is 0.625 bits per heavy atom. The number of hydrogen-bond acceptors (Lipinski definition) is 0. The van der Waals surface area contributed by atoms with E-state index in [9.17, 15) is 0 Å². The fourth-order valence-electron chi connectivity index (χ4n) is 15.2. The monoisotopic (exact) mass is 553 g/mol. The van der Waals surface area contributed by atoms with Crippen molar-refractivity contribution in [3.63, 3.8) is 0 Å². The van der Waals surface area contributed by atoms with Gasteiger partial charge in [-0.1, -0.05) is 103 Å². The van der Waals surface area contributed by atoms with Gasteiger partial charge >= 0.3 is 0 Å². The van der Waals surface area contributed by atoms with Gasteiger partial charge in [-0.2, -0.15) is 0 Å². The van der Waals surface area contributed by atoms with Crippen LogP contribution in [0.3, 0.4) is 0 Å². The smallest absolute Gasteiger partial charge is 0.0215 e. The topological polar surface area (TPSA) is 0 Å². The molecule has 0 aromatic carbocycles. The predicted molar refractivity (Wildman–Crippen MR) is 175 cm³/mol. The summed E-state index contributed by atoms with van der Waals surface area (Å²) < 4.78 is 0. The van der Waals surface area contributed by atoms with Crippen LogP contribution in [0.25, 0.3) is 0 Å². The van der Waals surface area contributed by atoms with Gasteiger partial charge in [-0.3, -0.25) is 0 Å². The Hall–Kier alpha value is 0. The first-order valence-electron chi connectivity index (χ1n) is 18.5. The molecule has 0 N–H and O–H groups in total. The van der Waals surface area contributed by atoms with E-state index in [1.807, 2.05) is 0 Å². The van der Waals surface area contributed by atoms with Gasteiger partial charge in [0.05, 0.1) is 0 Å². The van der Waals surface area contributed by atoms with Gasteiger partial charge in [0.1, 0.15) is 0 Å². The fraction of sp³-hybridized carbons (Fsp3) is 1.00. The molecular formula is C40H72. The van der Waals surface area contributed by atoms with E-state index >= 15 is 0 Å². The lowest BCUT2D eigenvalue weighted by Gasteiger charge is -2.73. The van der Waals surface area contributed by atoms with Crippen LogP contribution in [0, 0.1) is 111 Å². The van der Waals surface area contributed by atoms with E-state index in [1.165, 1.54) is 44.9 Å². The minimum Gasteiger partial charge on any atom is -0.0625 e. The van der Waals surface area contributed by atoms with Gasteiger partial charge in [0.25, 0.3) is 0 Å². The molecule has 0 nitrogen and oxygen atoms in total. The molecule has 17 atom stereocenters. The molecule has 17 unspecified atom stereocenters. The molecule has 40 heavy (non-hydrogen) atoms. The second kappa shape index (κ2) is 10.6. The van der Waals surface area contributed by atoms with Crippen LogP contribution in [-0.2, 0) is 0 Å². The first kappa shape index (κ1) is 31.4. The lowest BCUT2D eigenvalue weighted by Crippen LogP contribution is -2.67. The zero-order chi connectivity index (χ0) is 29.7. The van der Waals surface area contributed by atoms with E-state index in [0.717, 1.165) is 94.7 Å². The van der Waals surface area contributed by atoms with E-state index in [0.29, 0.717) is 16.2 Å². The van der Waals surface area contributed by atoms with E-state index in [1.54, 1.807) is 0 Å². The Morgan fingerprint density at radius 2 is 1.27 bits per heavy atom. The average Bonchev–Trinajstić information content (AvgIpc) is 2.82. The maximum absolute atomic E-state index is 2.81. The summed E-state index contributed by atoms with van der Waals surface area (Å²) in [6.07, 6.45) is 10.5. The summed E-state index contributed by atoms with van der Waals surface area (Å²) in [7, 11) is 0. The molecule has 0 aromatic heterocycles. The second-order valence-electron chi connectivity index (χ2n) is 19.3. The molecule has 0 bridgehead atoms. The molecule has 5 aliphatic rings. The van der Waals surface area contributed by atoms with Gasteiger partial charge in [0.15, 0.2) is 0 Å². The number of rotatable bonds is 3. The summed E-state index contributed by atoms with van der Waals surface area (Å²) in [5, 5.41) is 0. The molecule has 0 aromatic rings. The standard InChI is InChI=1S/C40H72/c1-22(2)32-18-33(31-16-15-24(5)25(6)17-31)27(8)36-28(9)37-30(11)40(14)29(10)35(23(3)4)26(7)19-39(40,13)21-38(37,12)20-34(32)36/h22-37H,15-21H2,1-14H3. The maximum Gasteiger partial charge on any atom is -0.0215 e. The van der Waals surface area contributed by atoms with Crippen LogP contribution in [0.15, 0.2) is 0 Å². The Kier molecular flexibility index (Phi) is 8.30. The average molecular weight is 553 g/mol. The highest BCUT2D eigenvalue weighted by Gasteiger charge is 2.69. The minimum atomic E-state index is 0.448. The van der Waals surface area contributed by atoms with Crippen molar-refractivity contribution in [2.24, 2.45) is 111 Å². The summed E-state index contributed by atoms with van der Waals surface area (Å²) in [5.74, 6) is 14.3. The van der Waals surface area contributed by atoms with E-state index in [-0.39, 0.29) is 0 Å². The highest BCUT2D eigenvalue weighted by molar-refractivity contribution is 5.17. The van der Waals surface area contributed by atoms with Gasteiger partial charge in [-0.05, 0) is 149 Å². The van der Waals surface area contributed by atoms with Gasteiger partial charge in [-0.15, -0.1) is 0 Å². The van der Waals surface area contributed by atoms with Crippen molar-refractivity contribution in [2.75, 3.05) is 0 Å².